The first kappa shape index (κ1) is 19.2. The Kier molecular flexibility index (Phi) is 6.08. The van der Waals surface area contributed by atoms with Gasteiger partial charge in [0.15, 0.2) is 0 Å². The van der Waals surface area contributed by atoms with Gasteiger partial charge in [0.2, 0.25) is 5.91 Å². The van der Waals surface area contributed by atoms with Gasteiger partial charge in [-0.1, -0.05) is 60.0 Å². The Hall–Kier alpha value is -3.58. The number of rotatable bonds is 6. The maximum absolute atomic E-state index is 12.3. The fourth-order valence-corrected chi connectivity index (χ4v) is 3.08. The fourth-order valence-electron chi connectivity index (χ4n) is 3.08. The molecule has 0 radical (unpaired) electrons. The summed E-state index contributed by atoms with van der Waals surface area (Å²) in [6, 6.07) is 17.8. The molecule has 3 rings (SSSR count). The lowest BCUT2D eigenvalue weighted by Gasteiger charge is -2.10. The molecule has 140 valence electrons. The number of carbonyl (C=O) groups is 1. The second kappa shape index (κ2) is 8.88. The van der Waals surface area contributed by atoms with Crippen molar-refractivity contribution in [2.24, 2.45) is 5.10 Å². The first-order chi connectivity index (χ1) is 13.6. The monoisotopic (exact) mass is 370 g/mol. The molecule has 0 aliphatic heterocycles. The molecule has 0 bridgehead atoms. The smallest absolute Gasteiger partial charge is 0.244 e. The number of fused-ring (bicyclic) bond motifs is 1. The quantitative estimate of drug-likeness (QED) is 0.402. The largest absolute Gasteiger partial charge is 0.480 e. The summed E-state index contributed by atoms with van der Waals surface area (Å²) in [5, 5.41) is 6.18. The van der Waals surface area contributed by atoms with Crippen molar-refractivity contribution in [3.63, 3.8) is 0 Å². The van der Waals surface area contributed by atoms with Gasteiger partial charge in [0, 0.05) is 5.56 Å². The maximum Gasteiger partial charge on any atom is 0.244 e. The van der Waals surface area contributed by atoms with Gasteiger partial charge < -0.3 is 4.74 Å². The lowest BCUT2D eigenvalue weighted by Crippen LogP contribution is -2.20. The van der Waals surface area contributed by atoms with Crippen LogP contribution in [0.15, 0.2) is 59.7 Å². The van der Waals surface area contributed by atoms with Gasteiger partial charge in [0.05, 0.1) is 12.6 Å². The van der Waals surface area contributed by atoms with Gasteiger partial charge >= 0.3 is 0 Å². The number of amides is 1. The van der Waals surface area contributed by atoms with Crippen LogP contribution >= 0.6 is 0 Å². The minimum Gasteiger partial charge on any atom is -0.480 e. The maximum atomic E-state index is 12.3. The van der Waals surface area contributed by atoms with Crippen LogP contribution in [0.2, 0.25) is 0 Å². The molecule has 0 heterocycles. The van der Waals surface area contributed by atoms with Crippen molar-refractivity contribution in [2.45, 2.75) is 20.3 Å². The molecule has 0 fully saturated rings. The van der Waals surface area contributed by atoms with Gasteiger partial charge in [-0.15, -0.1) is 6.42 Å². The molecule has 3 aromatic rings. The standard InChI is InChI=1S/C24H22N2O2/c1-4-13-28-23-12-11-19-7-5-6-8-21(19)22(23)16-25-26-24(27)15-20-10-9-17(2)14-18(20)3/h1,5-12,14,16H,13,15H2,2-3H3,(H,26,27)/b25-16-. The molecule has 1 amide bonds. The Labute approximate surface area is 165 Å². The average Bonchev–Trinajstić information content (AvgIpc) is 2.69. The van der Waals surface area contributed by atoms with Crippen LogP contribution < -0.4 is 10.2 Å². The van der Waals surface area contributed by atoms with Crippen LogP contribution in [-0.4, -0.2) is 18.7 Å². The zero-order valence-electron chi connectivity index (χ0n) is 16.0. The Morgan fingerprint density at radius 1 is 1.18 bits per heavy atom. The van der Waals surface area contributed by atoms with E-state index in [-0.39, 0.29) is 18.9 Å². The third-order valence-electron chi connectivity index (χ3n) is 4.47. The van der Waals surface area contributed by atoms with E-state index in [0.717, 1.165) is 27.5 Å². The minimum absolute atomic E-state index is 0.165. The normalized spacial score (nSPS) is 10.8. The number of benzene rings is 3. The summed E-state index contributed by atoms with van der Waals surface area (Å²) in [6.45, 7) is 4.20. The number of hydrogen-bond donors (Lipinski definition) is 1. The van der Waals surface area contributed by atoms with Crippen molar-refractivity contribution in [3.05, 3.63) is 76.9 Å². The molecular weight excluding hydrogens is 348 g/mol. The Morgan fingerprint density at radius 2 is 2.00 bits per heavy atom. The van der Waals surface area contributed by atoms with E-state index in [1.807, 2.05) is 62.4 Å². The second-order valence-corrected chi connectivity index (χ2v) is 6.59. The van der Waals surface area contributed by atoms with Crippen molar-refractivity contribution >= 4 is 22.9 Å². The van der Waals surface area contributed by atoms with Gasteiger partial charge in [0.25, 0.3) is 0 Å². The Bertz CT molecular complexity index is 1080. The number of terminal acetylenes is 1. The van der Waals surface area contributed by atoms with Crippen LogP contribution in [0.1, 0.15) is 22.3 Å². The highest BCUT2D eigenvalue weighted by molar-refractivity contribution is 6.02. The summed E-state index contributed by atoms with van der Waals surface area (Å²) < 4.78 is 5.63. The van der Waals surface area contributed by atoms with E-state index < -0.39 is 0 Å². The second-order valence-electron chi connectivity index (χ2n) is 6.59. The third-order valence-corrected chi connectivity index (χ3v) is 4.47. The summed E-state index contributed by atoms with van der Waals surface area (Å²) in [4.78, 5) is 12.3. The van der Waals surface area contributed by atoms with E-state index in [1.54, 1.807) is 6.21 Å². The molecule has 0 saturated heterocycles. The van der Waals surface area contributed by atoms with E-state index in [0.29, 0.717) is 5.75 Å². The fraction of sp³-hybridized carbons (Fsp3) is 0.167. The van der Waals surface area contributed by atoms with Crippen molar-refractivity contribution in [3.8, 4) is 18.1 Å². The van der Waals surface area contributed by atoms with Gasteiger partial charge in [-0.3, -0.25) is 4.79 Å². The molecule has 1 N–H and O–H groups in total. The van der Waals surface area contributed by atoms with Crippen molar-refractivity contribution in [1.82, 2.24) is 5.43 Å². The highest BCUT2D eigenvalue weighted by atomic mass is 16.5. The molecule has 4 heteroatoms. The Morgan fingerprint density at radius 3 is 2.79 bits per heavy atom. The number of hydrazone groups is 1. The molecule has 0 aliphatic rings. The van der Waals surface area contributed by atoms with Crippen molar-refractivity contribution < 1.29 is 9.53 Å². The summed E-state index contributed by atoms with van der Waals surface area (Å²) in [5.41, 5.74) is 6.64. The van der Waals surface area contributed by atoms with Gasteiger partial charge in [-0.05, 0) is 41.8 Å². The third kappa shape index (κ3) is 4.57. The van der Waals surface area contributed by atoms with Crippen LogP contribution in [0.4, 0.5) is 0 Å². The van der Waals surface area contributed by atoms with Crippen LogP contribution in [0.25, 0.3) is 10.8 Å². The number of hydrogen-bond acceptors (Lipinski definition) is 3. The first-order valence-corrected chi connectivity index (χ1v) is 9.04. The molecule has 0 spiro atoms. The van der Waals surface area contributed by atoms with Gasteiger partial charge in [-0.25, -0.2) is 5.43 Å². The van der Waals surface area contributed by atoms with Gasteiger partial charge in [-0.2, -0.15) is 5.10 Å². The molecule has 0 aliphatic carbocycles. The van der Waals surface area contributed by atoms with E-state index in [4.69, 9.17) is 11.2 Å². The molecule has 4 nitrogen and oxygen atoms in total. The summed E-state index contributed by atoms with van der Waals surface area (Å²) in [7, 11) is 0. The summed E-state index contributed by atoms with van der Waals surface area (Å²) >= 11 is 0. The average molecular weight is 370 g/mol. The lowest BCUT2D eigenvalue weighted by molar-refractivity contribution is -0.120. The number of nitrogens with zero attached hydrogens (tertiary/aromatic N) is 1. The molecule has 28 heavy (non-hydrogen) atoms. The first-order valence-electron chi connectivity index (χ1n) is 9.04. The number of ether oxygens (including phenoxy) is 1. The highest BCUT2D eigenvalue weighted by Crippen LogP contribution is 2.26. The van der Waals surface area contributed by atoms with Crippen LogP contribution in [-0.2, 0) is 11.2 Å². The van der Waals surface area contributed by atoms with Crippen LogP contribution in [0, 0.1) is 26.2 Å². The number of aryl methyl sites for hydroxylation is 2. The molecule has 0 atom stereocenters. The minimum atomic E-state index is -0.172. The predicted octanol–water partition coefficient (Wildman–Crippen LogP) is 4.16. The molecule has 0 unspecified atom stereocenters. The van der Waals surface area contributed by atoms with Gasteiger partial charge in [0.1, 0.15) is 12.4 Å². The Balaban J connectivity index is 1.78. The highest BCUT2D eigenvalue weighted by Gasteiger charge is 2.08. The summed E-state index contributed by atoms with van der Waals surface area (Å²) in [5.74, 6) is 2.92. The van der Waals surface area contributed by atoms with Crippen LogP contribution in [0.5, 0.6) is 5.75 Å². The SMILES string of the molecule is C#CCOc1ccc2ccccc2c1/C=N\NC(=O)Cc1ccc(C)cc1C. The molecular formula is C24H22N2O2. The molecule has 0 aromatic heterocycles. The van der Waals surface area contributed by atoms with E-state index in [1.165, 1.54) is 5.56 Å². The lowest BCUT2D eigenvalue weighted by atomic mass is 10.0. The molecule has 0 saturated carbocycles. The molecule has 3 aromatic carbocycles. The predicted molar refractivity (Wildman–Crippen MR) is 114 cm³/mol. The van der Waals surface area contributed by atoms with E-state index in [2.05, 4.69) is 22.5 Å². The zero-order valence-corrected chi connectivity index (χ0v) is 16.0. The van der Waals surface area contributed by atoms with E-state index in [9.17, 15) is 4.79 Å². The topological polar surface area (TPSA) is 50.7 Å². The number of nitrogens with one attached hydrogen (secondary N) is 1. The van der Waals surface area contributed by atoms with Crippen molar-refractivity contribution in [2.75, 3.05) is 6.61 Å². The number of carbonyl (C=O) groups excluding carboxylic acids is 1. The summed E-state index contributed by atoms with van der Waals surface area (Å²) in [6.07, 6.45) is 7.19. The van der Waals surface area contributed by atoms with Crippen LogP contribution in [0.3, 0.4) is 0 Å². The zero-order chi connectivity index (χ0) is 19.9. The van der Waals surface area contributed by atoms with E-state index >= 15 is 0 Å². The van der Waals surface area contributed by atoms with Crippen molar-refractivity contribution in [1.29, 1.82) is 0 Å².